The third-order valence-corrected chi connectivity index (χ3v) is 4.15. The fraction of sp³-hybridized carbons (Fsp3) is 0.409. The molecule has 0 aromatic heterocycles. The van der Waals surface area contributed by atoms with E-state index >= 15 is 0 Å². The van der Waals surface area contributed by atoms with Gasteiger partial charge in [-0.25, -0.2) is 0 Å². The summed E-state index contributed by atoms with van der Waals surface area (Å²) in [6, 6.07) is 18.0. The van der Waals surface area contributed by atoms with E-state index in [9.17, 15) is 9.90 Å². The summed E-state index contributed by atoms with van der Waals surface area (Å²) in [5.74, 6) is 0.542. The van der Waals surface area contributed by atoms with Crippen LogP contribution in [-0.2, 0) is 22.6 Å². The molecular weight excluding hydrogens is 342 g/mol. The number of hydrogen-bond acceptors (Lipinski definition) is 5. The Kier molecular flexibility index (Phi) is 8.81. The van der Waals surface area contributed by atoms with Crippen molar-refractivity contribution in [2.75, 3.05) is 20.3 Å². The Morgan fingerprint density at radius 1 is 1.07 bits per heavy atom. The van der Waals surface area contributed by atoms with E-state index in [0.717, 1.165) is 23.3 Å². The number of carbonyl (C=O) groups excluding carboxylic acids is 1. The maximum atomic E-state index is 11.5. The average molecular weight is 371 g/mol. The molecule has 0 aliphatic heterocycles. The number of esters is 1. The molecule has 0 bridgehead atoms. The van der Waals surface area contributed by atoms with E-state index in [2.05, 4.69) is 17.0 Å². The molecule has 27 heavy (non-hydrogen) atoms. The Hall–Kier alpha value is -2.37. The van der Waals surface area contributed by atoms with Gasteiger partial charge in [0.05, 0.1) is 7.11 Å². The van der Waals surface area contributed by atoms with Crippen molar-refractivity contribution in [2.45, 2.75) is 39.0 Å². The van der Waals surface area contributed by atoms with Crippen LogP contribution in [0.4, 0.5) is 0 Å². The largest absolute Gasteiger partial charge is 0.497 e. The number of carbonyl (C=O) groups is 1. The van der Waals surface area contributed by atoms with Gasteiger partial charge in [-0.2, -0.15) is 0 Å². The highest BCUT2D eigenvalue weighted by molar-refractivity contribution is 5.69. The molecule has 0 unspecified atom stereocenters. The summed E-state index contributed by atoms with van der Waals surface area (Å²) in [5.41, 5.74) is 2.26. The first-order chi connectivity index (χ1) is 13.1. The second-order valence-corrected chi connectivity index (χ2v) is 6.59. The highest BCUT2D eigenvalue weighted by atomic mass is 16.5. The van der Waals surface area contributed by atoms with Gasteiger partial charge in [0.25, 0.3) is 0 Å². The first kappa shape index (κ1) is 20.9. The third-order valence-electron chi connectivity index (χ3n) is 4.15. The molecule has 2 rings (SSSR count). The van der Waals surface area contributed by atoms with Crippen molar-refractivity contribution in [1.82, 2.24) is 4.90 Å². The number of methoxy groups -OCH3 is 1. The Morgan fingerprint density at radius 2 is 1.78 bits per heavy atom. The smallest absolute Gasteiger partial charge is 0.305 e. The van der Waals surface area contributed by atoms with Gasteiger partial charge < -0.3 is 14.6 Å². The fourth-order valence-electron chi connectivity index (χ4n) is 2.87. The average Bonchev–Trinajstić information content (AvgIpc) is 2.67. The van der Waals surface area contributed by atoms with Gasteiger partial charge >= 0.3 is 5.97 Å². The van der Waals surface area contributed by atoms with Crippen molar-refractivity contribution >= 4 is 5.97 Å². The highest BCUT2D eigenvalue weighted by Gasteiger charge is 2.15. The van der Waals surface area contributed by atoms with Gasteiger partial charge in [-0.3, -0.25) is 9.69 Å². The lowest BCUT2D eigenvalue weighted by Crippen LogP contribution is -2.34. The SMILES string of the molecule is CCCC(=O)OC[C@@H](O)CN(Cc1ccccc1)Cc1cccc(OC)c1. The molecule has 1 atom stereocenters. The predicted octanol–water partition coefficient (Wildman–Crippen LogP) is 3.40. The lowest BCUT2D eigenvalue weighted by molar-refractivity contribution is -0.147. The van der Waals surface area contributed by atoms with Crippen LogP contribution in [0.1, 0.15) is 30.9 Å². The summed E-state index contributed by atoms with van der Waals surface area (Å²) in [6.07, 6.45) is 0.384. The van der Waals surface area contributed by atoms with Crippen molar-refractivity contribution < 1.29 is 19.4 Å². The van der Waals surface area contributed by atoms with Gasteiger partial charge in [0, 0.05) is 26.1 Å². The number of benzene rings is 2. The van der Waals surface area contributed by atoms with Gasteiger partial charge in [0.1, 0.15) is 18.5 Å². The van der Waals surface area contributed by atoms with E-state index in [1.807, 2.05) is 49.4 Å². The van der Waals surface area contributed by atoms with Crippen LogP contribution in [0.5, 0.6) is 5.75 Å². The number of aliphatic hydroxyl groups excluding tert-OH is 1. The van der Waals surface area contributed by atoms with Gasteiger partial charge in [0.2, 0.25) is 0 Å². The molecule has 5 heteroatoms. The Labute approximate surface area is 161 Å². The summed E-state index contributed by atoms with van der Waals surface area (Å²) < 4.78 is 10.4. The van der Waals surface area contributed by atoms with E-state index in [4.69, 9.17) is 9.47 Å². The zero-order valence-electron chi connectivity index (χ0n) is 16.1. The van der Waals surface area contributed by atoms with Crippen LogP contribution in [0.25, 0.3) is 0 Å². The molecular formula is C22H29NO4. The number of ether oxygens (including phenoxy) is 2. The molecule has 2 aromatic rings. The lowest BCUT2D eigenvalue weighted by Gasteiger charge is -2.25. The van der Waals surface area contributed by atoms with Crippen LogP contribution in [0, 0.1) is 0 Å². The molecule has 0 fully saturated rings. The molecule has 0 aliphatic rings. The van der Waals surface area contributed by atoms with Crippen LogP contribution in [0.15, 0.2) is 54.6 Å². The van der Waals surface area contributed by atoms with Crippen LogP contribution < -0.4 is 4.74 Å². The number of nitrogens with zero attached hydrogens (tertiary/aromatic N) is 1. The molecule has 5 nitrogen and oxygen atoms in total. The van der Waals surface area contributed by atoms with Crippen LogP contribution in [0.2, 0.25) is 0 Å². The normalized spacial score (nSPS) is 12.0. The minimum absolute atomic E-state index is 0.0161. The maximum Gasteiger partial charge on any atom is 0.305 e. The minimum Gasteiger partial charge on any atom is -0.497 e. The Morgan fingerprint density at radius 3 is 2.48 bits per heavy atom. The summed E-state index contributed by atoms with van der Waals surface area (Å²) in [5, 5.41) is 10.3. The molecule has 0 radical (unpaired) electrons. The topological polar surface area (TPSA) is 59.0 Å². The molecule has 0 spiro atoms. The fourth-order valence-corrected chi connectivity index (χ4v) is 2.87. The van der Waals surface area contributed by atoms with Crippen LogP contribution in [0.3, 0.4) is 0 Å². The molecule has 0 saturated carbocycles. The summed E-state index contributed by atoms with van der Waals surface area (Å²) >= 11 is 0. The quantitative estimate of drug-likeness (QED) is 0.614. The second-order valence-electron chi connectivity index (χ2n) is 6.59. The van der Waals surface area contributed by atoms with E-state index in [1.165, 1.54) is 0 Å². The number of hydrogen-bond donors (Lipinski definition) is 1. The maximum absolute atomic E-state index is 11.5. The summed E-state index contributed by atoms with van der Waals surface area (Å²) in [6.45, 7) is 3.70. The van der Waals surface area contributed by atoms with Gasteiger partial charge in [-0.1, -0.05) is 49.4 Å². The monoisotopic (exact) mass is 371 g/mol. The summed E-state index contributed by atoms with van der Waals surface area (Å²) in [4.78, 5) is 13.7. The molecule has 1 N–H and O–H groups in total. The van der Waals surface area contributed by atoms with Gasteiger partial charge in [0.15, 0.2) is 0 Å². The molecule has 0 aliphatic carbocycles. The molecule has 0 heterocycles. The van der Waals surface area contributed by atoms with Crippen molar-refractivity contribution in [3.63, 3.8) is 0 Å². The van der Waals surface area contributed by atoms with Crippen LogP contribution in [-0.4, -0.2) is 42.3 Å². The zero-order chi connectivity index (χ0) is 19.5. The molecule has 146 valence electrons. The number of rotatable bonds is 11. The number of aliphatic hydroxyl groups is 1. The Balaban J connectivity index is 2.01. The highest BCUT2D eigenvalue weighted by Crippen LogP contribution is 2.16. The minimum atomic E-state index is -0.736. The van der Waals surface area contributed by atoms with Crippen LogP contribution >= 0.6 is 0 Å². The van der Waals surface area contributed by atoms with E-state index in [0.29, 0.717) is 26.1 Å². The zero-order valence-corrected chi connectivity index (χ0v) is 16.1. The summed E-state index contributed by atoms with van der Waals surface area (Å²) in [7, 11) is 1.65. The first-order valence-corrected chi connectivity index (χ1v) is 9.33. The van der Waals surface area contributed by atoms with Crippen molar-refractivity contribution in [2.24, 2.45) is 0 Å². The standard InChI is InChI=1S/C22H29NO4/c1-3-8-22(25)27-17-20(24)16-23(14-18-9-5-4-6-10-18)15-19-11-7-12-21(13-19)26-2/h4-7,9-13,20,24H,3,8,14-17H2,1-2H3/t20-/m0/s1. The van der Waals surface area contributed by atoms with E-state index in [-0.39, 0.29) is 12.6 Å². The first-order valence-electron chi connectivity index (χ1n) is 9.33. The van der Waals surface area contributed by atoms with Gasteiger partial charge in [-0.15, -0.1) is 0 Å². The van der Waals surface area contributed by atoms with Crippen molar-refractivity contribution in [1.29, 1.82) is 0 Å². The lowest BCUT2D eigenvalue weighted by atomic mass is 10.1. The van der Waals surface area contributed by atoms with E-state index < -0.39 is 6.10 Å². The predicted molar refractivity (Wildman–Crippen MR) is 105 cm³/mol. The molecule has 0 amide bonds. The third kappa shape index (κ3) is 7.81. The van der Waals surface area contributed by atoms with Crippen molar-refractivity contribution in [3.8, 4) is 5.75 Å². The molecule has 2 aromatic carbocycles. The van der Waals surface area contributed by atoms with Gasteiger partial charge in [-0.05, 0) is 29.7 Å². The van der Waals surface area contributed by atoms with Crippen molar-refractivity contribution in [3.05, 3.63) is 65.7 Å². The van der Waals surface area contributed by atoms with E-state index in [1.54, 1.807) is 7.11 Å². The molecule has 0 saturated heterocycles. The Bertz CT molecular complexity index is 690. The second kappa shape index (κ2) is 11.4.